The van der Waals surface area contributed by atoms with Crippen LogP contribution in [0.4, 0.5) is 4.39 Å². The number of halogens is 1. The van der Waals surface area contributed by atoms with E-state index < -0.39 is 5.82 Å². The van der Waals surface area contributed by atoms with E-state index in [1.54, 1.807) is 12.1 Å². The molecule has 2 aromatic heterocycles. The number of hydrogen-bond donors (Lipinski definition) is 0. The Labute approximate surface area is 93.0 Å². The first-order chi connectivity index (χ1) is 7.24. The van der Waals surface area contributed by atoms with Crippen LogP contribution in [-0.4, -0.2) is 12.6 Å². The van der Waals surface area contributed by atoms with E-state index >= 15 is 0 Å². The van der Waals surface area contributed by atoms with Crippen molar-refractivity contribution < 1.29 is 14.0 Å². The molecule has 0 radical (unpaired) electrons. The standard InChI is InChI=1S/C10H5FO2S2/c11-8-3-7(5-13)15-10(8)9-2-1-6(4-12)14-9/h1-5H. The van der Waals surface area contributed by atoms with Crippen LogP contribution in [0.2, 0.25) is 0 Å². The molecule has 0 aromatic carbocycles. The first-order valence-corrected chi connectivity index (χ1v) is 5.68. The fourth-order valence-corrected chi connectivity index (χ4v) is 2.94. The smallest absolute Gasteiger partial charge is 0.160 e. The highest BCUT2D eigenvalue weighted by Crippen LogP contribution is 2.35. The van der Waals surface area contributed by atoms with Crippen LogP contribution in [0.1, 0.15) is 19.3 Å². The van der Waals surface area contributed by atoms with E-state index in [1.807, 2.05) is 0 Å². The quantitative estimate of drug-likeness (QED) is 0.772. The van der Waals surface area contributed by atoms with E-state index in [9.17, 15) is 14.0 Å². The first-order valence-electron chi connectivity index (χ1n) is 4.04. The number of aldehydes is 2. The predicted molar refractivity (Wildman–Crippen MR) is 58.4 cm³/mol. The van der Waals surface area contributed by atoms with Gasteiger partial charge in [0.1, 0.15) is 5.82 Å². The molecule has 0 saturated carbocycles. The maximum absolute atomic E-state index is 13.4. The molecular formula is C10H5FO2S2. The molecule has 0 spiro atoms. The average Bonchev–Trinajstić information content (AvgIpc) is 2.83. The molecule has 0 saturated heterocycles. The maximum Gasteiger partial charge on any atom is 0.160 e. The molecule has 0 N–H and O–H groups in total. The lowest BCUT2D eigenvalue weighted by Crippen LogP contribution is -1.68. The van der Waals surface area contributed by atoms with Crippen molar-refractivity contribution in [2.45, 2.75) is 0 Å². The van der Waals surface area contributed by atoms with Crippen molar-refractivity contribution in [2.75, 3.05) is 0 Å². The normalized spacial score (nSPS) is 10.2. The molecule has 5 heteroatoms. The summed E-state index contributed by atoms with van der Waals surface area (Å²) in [5, 5.41) is 0. The molecule has 0 unspecified atom stereocenters. The Balaban J connectivity index is 2.47. The molecule has 2 nitrogen and oxygen atoms in total. The lowest BCUT2D eigenvalue weighted by atomic mass is 10.3. The zero-order chi connectivity index (χ0) is 10.8. The van der Waals surface area contributed by atoms with E-state index in [4.69, 9.17) is 0 Å². The van der Waals surface area contributed by atoms with Crippen molar-refractivity contribution in [3.05, 3.63) is 33.8 Å². The molecule has 0 aliphatic rings. The largest absolute Gasteiger partial charge is 0.297 e. The van der Waals surface area contributed by atoms with Gasteiger partial charge in [-0.05, 0) is 18.2 Å². The summed E-state index contributed by atoms with van der Waals surface area (Å²) in [7, 11) is 0. The highest BCUT2D eigenvalue weighted by molar-refractivity contribution is 7.23. The zero-order valence-corrected chi connectivity index (χ0v) is 9.03. The Bertz CT molecular complexity index is 513. The molecule has 2 heterocycles. The second-order valence-corrected chi connectivity index (χ2v) is 4.96. The highest BCUT2D eigenvalue weighted by atomic mass is 32.1. The second-order valence-electron chi connectivity index (χ2n) is 2.76. The van der Waals surface area contributed by atoms with Gasteiger partial charge in [0.25, 0.3) is 0 Å². The topological polar surface area (TPSA) is 34.1 Å². The van der Waals surface area contributed by atoms with Crippen LogP contribution in [0.15, 0.2) is 18.2 Å². The van der Waals surface area contributed by atoms with Crippen molar-refractivity contribution in [3.8, 4) is 9.75 Å². The highest BCUT2D eigenvalue weighted by Gasteiger charge is 2.12. The van der Waals surface area contributed by atoms with Gasteiger partial charge in [0, 0.05) is 4.88 Å². The molecular weight excluding hydrogens is 235 g/mol. The number of thiophene rings is 2. The third-order valence-electron chi connectivity index (χ3n) is 1.79. The summed E-state index contributed by atoms with van der Waals surface area (Å²) in [6, 6.07) is 4.51. The molecule has 15 heavy (non-hydrogen) atoms. The van der Waals surface area contributed by atoms with Crippen molar-refractivity contribution in [2.24, 2.45) is 0 Å². The van der Waals surface area contributed by atoms with Crippen LogP contribution in [0, 0.1) is 5.82 Å². The molecule has 2 rings (SSSR count). The van der Waals surface area contributed by atoms with Crippen molar-refractivity contribution in [3.63, 3.8) is 0 Å². The van der Waals surface area contributed by atoms with Gasteiger partial charge in [-0.1, -0.05) is 0 Å². The van der Waals surface area contributed by atoms with Gasteiger partial charge in [-0.2, -0.15) is 0 Å². The molecule has 0 fully saturated rings. The Morgan fingerprint density at radius 3 is 2.33 bits per heavy atom. The number of hydrogen-bond acceptors (Lipinski definition) is 4. The molecule has 0 amide bonds. The monoisotopic (exact) mass is 240 g/mol. The van der Waals surface area contributed by atoms with E-state index in [0.717, 1.165) is 17.6 Å². The van der Waals surface area contributed by atoms with Crippen LogP contribution in [0.3, 0.4) is 0 Å². The van der Waals surface area contributed by atoms with Crippen LogP contribution < -0.4 is 0 Å². The minimum absolute atomic E-state index is 0.351. The third-order valence-corrected chi connectivity index (χ3v) is 4.01. The van der Waals surface area contributed by atoms with Gasteiger partial charge in [0.15, 0.2) is 12.6 Å². The van der Waals surface area contributed by atoms with Crippen LogP contribution in [-0.2, 0) is 0 Å². The summed E-state index contributed by atoms with van der Waals surface area (Å²) in [6.07, 6.45) is 1.34. The number of carbonyl (C=O) groups is 2. The van der Waals surface area contributed by atoms with Crippen LogP contribution >= 0.6 is 22.7 Å². The fraction of sp³-hybridized carbons (Fsp3) is 0. The van der Waals surface area contributed by atoms with Crippen molar-refractivity contribution in [1.82, 2.24) is 0 Å². The summed E-state index contributed by atoms with van der Waals surface area (Å²) in [6.45, 7) is 0. The van der Waals surface area contributed by atoms with E-state index in [1.165, 1.54) is 17.4 Å². The zero-order valence-electron chi connectivity index (χ0n) is 7.40. The van der Waals surface area contributed by atoms with Gasteiger partial charge in [0.2, 0.25) is 0 Å². The summed E-state index contributed by atoms with van der Waals surface area (Å²) >= 11 is 2.30. The third kappa shape index (κ3) is 1.88. The van der Waals surface area contributed by atoms with Gasteiger partial charge < -0.3 is 0 Å². The number of rotatable bonds is 3. The van der Waals surface area contributed by atoms with E-state index in [0.29, 0.717) is 25.8 Å². The molecule has 0 aliphatic heterocycles. The summed E-state index contributed by atoms with van der Waals surface area (Å²) in [5.41, 5.74) is 0. The summed E-state index contributed by atoms with van der Waals surface area (Å²) in [5.74, 6) is -0.415. The molecule has 0 bridgehead atoms. The second kappa shape index (κ2) is 4.04. The van der Waals surface area contributed by atoms with E-state index in [2.05, 4.69) is 0 Å². The Morgan fingerprint density at radius 1 is 1.07 bits per heavy atom. The minimum Gasteiger partial charge on any atom is -0.297 e. The number of carbonyl (C=O) groups excluding carboxylic acids is 2. The van der Waals surface area contributed by atoms with Crippen molar-refractivity contribution >= 4 is 35.2 Å². The predicted octanol–water partition coefficient (Wildman–Crippen LogP) is 3.24. The lowest BCUT2D eigenvalue weighted by molar-refractivity contribution is 0.111. The van der Waals surface area contributed by atoms with Gasteiger partial charge in [-0.15, -0.1) is 22.7 Å². The van der Waals surface area contributed by atoms with Crippen molar-refractivity contribution in [1.29, 1.82) is 0 Å². The first kappa shape index (κ1) is 10.2. The molecule has 2 aromatic rings. The van der Waals surface area contributed by atoms with Gasteiger partial charge >= 0.3 is 0 Å². The summed E-state index contributed by atoms with van der Waals surface area (Å²) < 4.78 is 13.4. The lowest BCUT2D eigenvalue weighted by Gasteiger charge is -1.89. The fourth-order valence-electron chi connectivity index (χ4n) is 1.15. The SMILES string of the molecule is O=Cc1ccc(-c2sc(C=O)cc2F)s1. The minimum atomic E-state index is -0.415. The Hall–Kier alpha value is -1.33. The maximum atomic E-state index is 13.4. The summed E-state index contributed by atoms with van der Waals surface area (Å²) in [4.78, 5) is 22.9. The van der Waals surface area contributed by atoms with E-state index in [-0.39, 0.29) is 0 Å². The Morgan fingerprint density at radius 2 is 1.80 bits per heavy atom. The van der Waals surface area contributed by atoms with Crippen LogP contribution in [0.5, 0.6) is 0 Å². The molecule has 0 atom stereocenters. The average molecular weight is 240 g/mol. The molecule has 76 valence electrons. The molecule has 0 aliphatic carbocycles. The van der Waals surface area contributed by atoms with Gasteiger partial charge in [-0.3, -0.25) is 9.59 Å². The van der Waals surface area contributed by atoms with Gasteiger partial charge in [0.05, 0.1) is 14.6 Å². The Kier molecular flexibility index (Phi) is 2.75. The van der Waals surface area contributed by atoms with Crippen LogP contribution in [0.25, 0.3) is 9.75 Å². The van der Waals surface area contributed by atoms with Gasteiger partial charge in [-0.25, -0.2) is 4.39 Å².